The summed E-state index contributed by atoms with van der Waals surface area (Å²) in [6.45, 7) is 0. The maximum absolute atomic E-state index is 2.39. The summed E-state index contributed by atoms with van der Waals surface area (Å²) in [6, 6.07) is 0. The zero-order valence-electron chi connectivity index (χ0n) is 3.20. The maximum Gasteiger partial charge on any atom is -0.0171 e. The van der Waals surface area contributed by atoms with E-state index in [9.17, 15) is 0 Å². The standard InChI is InChI=1S/C4H8P/c1-2-4-5-3-1/h3,5H,1-2,4H2. The second-order valence-electron chi connectivity index (χ2n) is 1.30. The Bertz CT molecular complexity index is 15.2. The molecule has 1 unspecified atom stereocenters. The van der Waals surface area contributed by atoms with Crippen molar-refractivity contribution in [2.45, 2.75) is 12.8 Å². The highest BCUT2D eigenvalue weighted by Crippen LogP contribution is 2.27. The van der Waals surface area contributed by atoms with E-state index < -0.39 is 0 Å². The Balaban J connectivity index is 2.08. The molecule has 29 valence electrons. The summed E-state index contributed by atoms with van der Waals surface area (Å²) in [5.41, 5.74) is 0. The molecule has 1 fully saturated rings. The van der Waals surface area contributed by atoms with E-state index in [1.54, 1.807) is 0 Å². The average Bonchev–Trinajstić information content (AvgIpc) is 1.76. The summed E-state index contributed by atoms with van der Waals surface area (Å²) in [5, 5.41) is 0. The lowest BCUT2D eigenvalue weighted by Gasteiger charge is -1.68. The highest BCUT2D eigenvalue weighted by molar-refractivity contribution is 7.40. The molecule has 0 aromatic carbocycles. The second kappa shape index (κ2) is 1.77. The molecule has 5 heavy (non-hydrogen) atoms. The van der Waals surface area contributed by atoms with E-state index in [2.05, 4.69) is 6.16 Å². The lowest BCUT2D eigenvalue weighted by Crippen LogP contribution is -1.56. The minimum atomic E-state index is 1.18. The Morgan fingerprint density at radius 2 is 2.60 bits per heavy atom. The first kappa shape index (κ1) is 3.61. The van der Waals surface area contributed by atoms with Crippen LogP contribution >= 0.6 is 8.58 Å². The first-order valence-corrected chi connectivity index (χ1v) is 3.33. The van der Waals surface area contributed by atoms with Crippen LogP contribution in [0.5, 0.6) is 0 Å². The minimum Gasteiger partial charge on any atom is -0.118 e. The Hall–Kier alpha value is 0.430. The van der Waals surface area contributed by atoms with Gasteiger partial charge in [0, 0.05) is 0 Å². The van der Waals surface area contributed by atoms with Crippen LogP contribution in [0.15, 0.2) is 0 Å². The van der Waals surface area contributed by atoms with Gasteiger partial charge in [-0.15, -0.1) is 8.58 Å². The molecule has 1 aliphatic rings. The summed E-state index contributed by atoms with van der Waals surface area (Å²) in [7, 11) is 1.18. The summed E-state index contributed by atoms with van der Waals surface area (Å²) in [6.07, 6.45) is 6.71. The predicted molar refractivity (Wildman–Crippen MR) is 26.7 cm³/mol. The lowest BCUT2D eigenvalue weighted by molar-refractivity contribution is 0.993. The van der Waals surface area contributed by atoms with E-state index >= 15 is 0 Å². The Labute approximate surface area is 34.7 Å². The van der Waals surface area contributed by atoms with Crippen LogP contribution in [0.1, 0.15) is 12.8 Å². The van der Waals surface area contributed by atoms with Crippen molar-refractivity contribution in [3.05, 3.63) is 6.16 Å². The van der Waals surface area contributed by atoms with Crippen molar-refractivity contribution in [1.82, 2.24) is 0 Å². The third-order valence-corrected chi connectivity index (χ3v) is 2.03. The molecule has 1 heterocycles. The van der Waals surface area contributed by atoms with Gasteiger partial charge in [-0.25, -0.2) is 0 Å². The van der Waals surface area contributed by atoms with Crippen LogP contribution in [-0.2, 0) is 0 Å². The molecular weight excluding hydrogens is 79.0 g/mol. The molecule has 0 saturated carbocycles. The van der Waals surface area contributed by atoms with E-state index in [4.69, 9.17) is 0 Å². The third kappa shape index (κ3) is 0.887. The Morgan fingerprint density at radius 3 is 2.80 bits per heavy atom. The fourth-order valence-electron chi connectivity index (χ4n) is 0.510. The van der Waals surface area contributed by atoms with Gasteiger partial charge in [0.25, 0.3) is 0 Å². The summed E-state index contributed by atoms with van der Waals surface area (Å²) in [5.74, 6) is 0. The van der Waals surface area contributed by atoms with E-state index in [1.807, 2.05) is 0 Å². The van der Waals surface area contributed by atoms with Gasteiger partial charge < -0.3 is 0 Å². The maximum atomic E-state index is 2.39. The van der Waals surface area contributed by atoms with Gasteiger partial charge in [-0.2, -0.15) is 0 Å². The van der Waals surface area contributed by atoms with Crippen molar-refractivity contribution in [2.75, 3.05) is 6.16 Å². The first-order valence-electron chi connectivity index (χ1n) is 2.05. The fourth-order valence-corrected chi connectivity index (χ4v) is 1.53. The third-order valence-electron chi connectivity index (χ3n) is 0.814. The molecule has 1 atom stereocenters. The summed E-state index contributed by atoms with van der Waals surface area (Å²) in [4.78, 5) is 0. The second-order valence-corrected chi connectivity index (χ2v) is 2.62. The normalized spacial score (nSPS) is 24.0. The lowest BCUT2D eigenvalue weighted by atomic mass is 10.4. The van der Waals surface area contributed by atoms with Crippen LogP contribution < -0.4 is 0 Å². The zero-order valence-corrected chi connectivity index (χ0v) is 4.20. The van der Waals surface area contributed by atoms with Gasteiger partial charge in [-0.05, 0) is 25.2 Å². The number of hydrogen-bond acceptors (Lipinski definition) is 0. The molecular formula is C4H8P. The molecule has 0 aromatic heterocycles. The van der Waals surface area contributed by atoms with Crippen LogP contribution in [0.25, 0.3) is 0 Å². The van der Waals surface area contributed by atoms with Crippen LogP contribution in [-0.4, -0.2) is 6.16 Å². The molecule has 1 radical (unpaired) electrons. The van der Waals surface area contributed by atoms with Crippen molar-refractivity contribution in [3.8, 4) is 0 Å². The molecule has 1 rings (SSSR count). The summed E-state index contributed by atoms with van der Waals surface area (Å²) >= 11 is 0. The van der Waals surface area contributed by atoms with Crippen LogP contribution in [0.2, 0.25) is 0 Å². The molecule has 1 aliphatic heterocycles. The van der Waals surface area contributed by atoms with Crippen molar-refractivity contribution in [1.29, 1.82) is 0 Å². The van der Waals surface area contributed by atoms with E-state index in [0.29, 0.717) is 0 Å². The van der Waals surface area contributed by atoms with Crippen molar-refractivity contribution in [3.63, 3.8) is 0 Å². The zero-order chi connectivity index (χ0) is 3.54. The van der Waals surface area contributed by atoms with Crippen molar-refractivity contribution < 1.29 is 0 Å². The smallest absolute Gasteiger partial charge is 0.0171 e. The van der Waals surface area contributed by atoms with Crippen LogP contribution in [0, 0.1) is 6.16 Å². The van der Waals surface area contributed by atoms with Crippen molar-refractivity contribution >= 4 is 8.58 Å². The number of rotatable bonds is 0. The molecule has 0 N–H and O–H groups in total. The minimum absolute atomic E-state index is 1.18. The highest BCUT2D eigenvalue weighted by atomic mass is 31.1. The molecule has 1 heteroatoms. The monoisotopic (exact) mass is 87.0 g/mol. The Morgan fingerprint density at radius 1 is 1.60 bits per heavy atom. The van der Waals surface area contributed by atoms with Crippen LogP contribution in [0.3, 0.4) is 0 Å². The topological polar surface area (TPSA) is 0 Å². The molecule has 0 aliphatic carbocycles. The first-order chi connectivity index (χ1) is 2.50. The van der Waals surface area contributed by atoms with E-state index in [0.717, 1.165) is 0 Å². The molecule has 0 spiro atoms. The molecule has 0 amide bonds. The molecule has 0 nitrogen and oxygen atoms in total. The number of hydrogen-bond donors (Lipinski definition) is 0. The van der Waals surface area contributed by atoms with E-state index in [1.165, 1.54) is 27.6 Å². The highest BCUT2D eigenvalue weighted by Gasteiger charge is 1.95. The van der Waals surface area contributed by atoms with Gasteiger partial charge in [-0.1, -0.05) is 0 Å². The van der Waals surface area contributed by atoms with Crippen molar-refractivity contribution in [2.24, 2.45) is 0 Å². The van der Waals surface area contributed by atoms with Gasteiger partial charge in [0.2, 0.25) is 0 Å². The predicted octanol–water partition coefficient (Wildman–Crippen LogP) is 1.62. The van der Waals surface area contributed by atoms with Gasteiger partial charge in [0.05, 0.1) is 0 Å². The van der Waals surface area contributed by atoms with Crippen LogP contribution in [0.4, 0.5) is 0 Å². The Kier molecular flexibility index (Phi) is 1.28. The largest absolute Gasteiger partial charge is 0.118 e. The van der Waals surface area contributed by atoms with Gasteiger partial charge in [-0.3, -0.25) is 0 Å². The SMILES string of the molecule is [CH]1CCCP1. The molecule has 0 bridgehead atoms. The summed E-state index contributed by atoms with van der Waals surface area (Å²) < 4.78 is 0. The quantitative estimate of drug-likeness (QED) is 0.394. The van der Waals surface area contributed by atoms with Gasteiger partial charge in [0.15, 0.2) is 0 Å². The van der Waals surface area contributed by atoms with E-state index in [-0.39, 0.29) is 0 Å². The fraction of sp³-hybridized carbons (Fsp3) is 0.750. The van der Waals surface area contributed by atoms with Gasteiger partial charge >= 0.3 is 0 Å². The van der Waals surface area contributed by atoms with Gasteiger partial charge in [0.1, 0.15) is 0 Å². The average molecular weight is 87.1 g/mol. The molecule has 1 saturated heterocycles. The molecule has 0 aromatic rings.